The van der Waals surface area contributed by atoms with Crippen molar-refractivity contribution in [2.24, 2.45) is 5.92 Å². The Labute approximate surface area is 171 Å². The summed E-state index contributed by atoms with van der Waals surface area (Å²) >= 11 is 11.9. The molecule has 2 rings (SSSR count). The molecule has 5 nitrogen and oxygen atoms in total. The molecule has 2 N–H and O–H groups in total. The lowest BCUT2D eigenvalue weighted by Gasteiger charge is -2.22. The van der Waals surface area contributed by atoms with E-state index in [2.05, 4.69) is 10.6 Å². The fourth-order valence-corrected chi connectivity index (χ4v) is 3.42. The predicted molar refractivity (Wildman–Crippen MR) is 109 cm³/mol. The highest BCUT2D eigenvalue weighted by atomic mass is 35.5. The second kappa shape index (κ2) is 11.7. The Bertz CT molecular complexity index is 607. The van der Waals surface area contributed by atoms with Crippen LogP contribution in [0.15, 0.2) is 18.2 Å². The van der Waals surface area contributed by atoms with Crippen LogP contribution >= 0.6 is 35.6 Å². The van der Waals surface area contributed by atoms with Gasteiger partial charge in [-0.05, 0) is 56.5 Å². The summed E-state index contributed by atoms with van der Waals surface area (Å²) in [5, 5.41) is 6.94. The molecule has 1 saturated heterocycles. The van der Waals surface area contributed by atoms with Crippen molar-refractivity contribution >= 4 is 53.1 Å². The molecular formula is C18H26Cl3N3O2. The molecule has 1 aliphatic heterocycles. The minimum Gasteiger partial charge on any atom is -0.333 e. The Morgan fingerprint density at radius 2 is 2.12 bits per heavy atom. The van der Waals surface area contributed by atoms with Crippen LogP contribution in [0.25, 0.3) is 0 Å². The maximum Gasteiger partial charge on any atom is 0.244 e. The number of amides is 2. The van der Waals surface area contributed by atoms with Crippen molar-refractivity contribution in [3.05, 3.63) is 28.2 Å². The summed E-state index contributed by atoms with van der Waals surface area (Å²) < 4.78 is 0. The standard InChI is InChI=1S/C18H25Cl2N3O2.ClH/c1-2-9-23(18(25)6-3-13-7-8-21-11-13)12-17(24)22-16-5-4-14(19)10-15(16)20;/h4-5,10,13,21H,2-3,6-9,11-12H2,1H3,(H,22,24);1H. The van der Waals surface area contributed by atoms with Gasteiger partial charge < -0.3 is 15.5 Å². The van der Waals surface area contributed by atoms with Crippen LogP contribution in [0, 0.1) is 5.92 Å². The highest BCUT2D eigenvalue weighted by Gasteiger charge is 2.20. The molecule has 0 aliphatic carbocycles. The molecule has 1 aromatic rings. The van der Waals surface area contributed by atoms with Crippen molar-refractivity contribution in [1.29, 1.82) is 0 Å². The molecule has 26 heavy (non-hydrogen) atoms. The summed E-state index contributed by atoms with van der Waals surface area (Å²) in [4.78, 5) is 26.4. The highest BCUT2D eigenvalue weighted by molar-refractivity contribution is 6.36. The molecule has 1 heterocycles. The van der Waals surface area contributed by atoms with Gasteiger partial charge >= 0.3 is 0 Å². The van der Waals surface area contributed by atoms with Gasteiger partial charge in [-0.2, -0.15) is 0 Å². The van der Waals surface area contributed by atoms with E-state index in [4.69, 9.17) is 23.2 Å². The number of carbonyl (C=O) groups excluding carboxylic acids is 2. The number of hydrogen-bond donors (Lipinski definition) is 2. The van der Waals surface area contributed by atoms with E-state index in [0.29, 0.717) is 34.6 Å². The maximum atomic E-state index is 12.5. The van der Waals surface area contributed by atoms with Crippen LogP contribution in [0.2, 0.25) is 10.0 Å². The summed E-state index contributed by atoms with van der Waals surface area (Å²) in [5.74, 6) is 0.341. The van der Waals surface area contributed by atoms with E-state index in [1.54, 1.807) is 23.1 Å². The lowest BCUT2D eigenvalue weighted by atomic mass is 10.0. The van der Waals surface area contributed by atoms with Crippen LogP contribution in [-0.4, -0.2) is 42.9 Å². The quantitative estimate of drug-likeness (QED) is 0.666. The third-order valence-electron chi connectivity index (χ3n) is 4.31. The molecule has 1 unspecified atom stereocenters. The van der Waals surface area contributed by atoms with E-state index >= 15 is 0 Å². The van der Waals surface area contributed by atoms with Crippen molar-refractivity contribution in [3.8, 4) is 0 Å². The third-order valence-corrected chi connectivity index (χ3v) is 4.86. The molecule has 0 aromatic heterocycles. The molecule has 0 bridgehead atoms. The minimum atomic E-state index is -0.256. The van der Waals surface area contributed by atoms with Crippen LogP contribution in [0.1, 0.15) is 32.6 Å². The first kappa shape index (κ1) is 23.0. The lowest BCUT2D eigenvalue weighted by molar-refractivity contribution is -0.135. The van der Waals surface area contributed by atoms with Crippen LogP contribution in [0.5, 0.6) is 0 Å². The van der Waals surface area contributed by atoms with Crippen LogP contribution < -0.4 is 10.6 Å². The largest absolute Gasteiger partial charge is 0.333 e. The van der Waals surface area contributed by atoms with E-state index in [-0.39, 0.29) is 30.8 Å². The Morgan fingerprint density at radius 1 is 1.35 bits per heavy atom. The number of carbonyl (C=O) groups is 2. The first-order valence-electron chi connectivity index (χ1n) is 8.73. The average molecular weight is 423 g/mol. The van der Waals surface area contributed by atoms with E-state index in [1.807, 2.05) is 6.92 Å². The summed E-state index contributed by atoms with van der Waals surface area (Å²) in [6.07, 6.45) is 3.29. The number of halogens is 3. The predicted octanol–water partition coefficient (Wildman–Crippen LogP) is 3.98. The first-order chi connectivity index (χ1) is 12.0. The maximum absolute atomic E-state index is 12.5. The molecule has 0 saturated carbocycles. The van der Waals surface area contributed by atoms with Gasteiger partial charge in [0, 0.05) is 18.0 Å². The van der Waals surface area contributed by atoms with Crippen molar-refractivity contribution in [3.63, 3.8) is 0 Å². The Balaban J connectivity index is 0.00000338. The van der Waals surface area contributed by atoms with Gasteiger partial charge in [0.05, 0.1) is 17.3 Å². The number of benzene rings is 1. The number of nitrogens with zero attached hydrogens (tertiary/aromatic N) is 1. The van der Waals surface area contributed by atoms with Crippen LogP contribution in [0.3, 0.4) is 0 Å². The Kier molecular flexibility index (Phi) is 10.3. The van der Waals surface area contributed by atoms with Gasteiger partial charge in [0.25, 0.3) is 0 Å². The number of hydrogen-bond acceptors (Lipinski definition) is 3. The summed E-state index contributed by atoms with van der Waals surface area (Å²) in [5.41, 5.74) is 0.497. The summed E-state index contributed by atoms with van der Waals surface area (Å²) in [6, 6.07) is 4.89. The zero-order chi connectivity index (χ0) is 18.2. The SMILES string of the molecule is CCCN(CC(=O)Nc1ccc(Cl)cc1Cl)C(=O)CCC1CCNC1.Cl. The first-order valence-corrected chi connectivity index (χ1v) is 9.48. The van der Waals surface area contributed by atoms with Crippen molar-refractivity contribution in [2.45, 2.75) is 32.6 Å². The summed E-state index contributed by atoms with van der Waals surface area (Å²) in [6.45, 7) is 4.62. The zero-order valence-electron chi connectivity index (χ0n) is 14.9. The van der Waals surface area contributed by atoms with Gasteiger partial charge in [0.1, 0.15) is 0 Å². The Hall–Kier alpha value is -1.01. The van der Waals surface area contributed by atoms with Gasteiger partial charge in [-0.15, -0.1) is 12.4 Å². The average Bonchev–Trinajstić information content (AvgIpc) is 3.08. The fraction of sp³-hybridized carbons (Fsp3) is 0.556. The van der Waals surface area contributed by atoms with Crippen molar-refractivity contribution < 1.29 is 9.59 Å². The van der Waals surface area contributed by atoms with Crippen molar-refractivity contribution in [2.75, 3.05) is 31.5 Å². The van der Waals surface area contributed by atoms with E-state index < -0.39 is 0 Å². The van der Waals surface area contributed by atoms with E-state index in [9.17, 15) is 9.59 Å². The molecule has 1 aliphatic rings. The highest BCUT2D eigenvalue weighted by Crippen LogP contribution is 2.25. The van der Waals surface area contributed by atoms with E-state index in [0.717, 1.165) is 32.4 Å². The normalized spacial score (nSPS) is 16.0. The number of anilines is 1. The molecule has 1 aromatic carbocycles. The smallest absolute Gasteiger partial charge is 0.244 e. The minimum absolute atomic E-state index is 0. The molecule has 8 heteroatoms. The van der Waals surface area contributed by atoms with Crippen LogP contribution in [0.4, 0.5) is 5.69 Å². The van der Waals surface area contributed by atoms with Gasteiger partial charge in [-0.1, -0.05) is 30.1 Å². The second-order valence-electron chi connectivity index (χ2n) is 6.39. The molecule has 1 fully saturated rings. The van der Waals surface area contributed by atoms with Crippen molar-refractivity contribution in [1.82, 2.24) is 10.2 Å². The van der Waals surface area contributed by atoms with Gasteiger partial charge in [-0.3, -0.25) is 9.59 Å². The monoisotopic (exact) mass is 421 g/mol. The molecular weight excluding hydrogens is 397 g/mol. The lowest BCUT2D eigenvalue weighted by Crippen LogP contribution is -2.38. The zero-order valence-corrected chi connectivity index (χ0v) is 17.2. The second-order valence-corrected chi connectivity index (χ2v) is 7.23. The molecule has 0 spiro atoms. The Morgan fingerprint density at radius 3 is 2.73 bits per heavy atom. The van der Waals surface area contributed by atoms with Gasteiger partial charge in [0.2, 0.25) is 11.8 Å². The topological polar surface area (TPSA) is 61.4 Å². The van der Waals surface area contributed by atoms with Gasteiger partial charge in [0.15, 0.2) is 0 Å². The molecule has 146 valence electrons. The van der Waals surface area contributed by atoms with Crippen LogP contribution in [-0.2, 0) is 9.59 Å². The number of nitrogens with one attached hydrogen (secondary N) is 2. The third kappa shape index (κ3) is 7.31. The molecule has 0 radical (unpaired) electrons. The number of rotatable bonds is 8. The molecule has 2 amide bonds. The van der Waals surface area contributed by atoms with E-state index in [1.165, 1.54) is 0 Å². The fourth-order valence-electron chi connectivity index (χ4n) is 2.96. The molecule has 1 atom stereocenters. The van der Waals surface area contributed by atoms with Gasteiger partial charge in [-0.25, -0.2) is 0 Å². The summed E-state index contributed by atoms with van der Waals surface area (Å²) in [7, 11) is 0.